The molecule has 1 unspecified atom stereocenters. The predicted molar refractivity (Wildman–Crippen MR) is 100 cm³/mol. The molecule has 0 saturated carbocycles. The van der Waals surface area contributed by atoms with E-state index in [4.69, 9.17) is 4.74 Å². The molecule has 1 aliphatic heterocycles. The molecule has 0 spiro atoms. The SMILES string of the molecule is COc1cc(C2CCCN(c3ncnc4ccn(C)c34)C2)ccc1C. The fourth-order valence-corrected chi connectivity index (χ4v) is 3.86. The van der Waals surface area contributed by atoms with Crippen LogP contribution < -0.4 is 9.64 Å². The summed E-state index contributed by atoms with van der Waals surface area (Å²) < 4.78 is 7.63. The Kier molecular flexibility index (Phi) is 4.07. The van der Waals surface area contributed by atoms with Crippen LogP contribution in [-0.4, -0.2) is 34.7 Å². The molecule has 5 nitrogen and oxygen atoms in total. The van der Waals surface area contributed by atoms with Crippen LogP contribution in [0.5, 0.6) is 5.75 Å². The number of hydrogen-bond acceptors (Lipinski definition) is 4. The maximum atomic E-state index is 5.51. The van der Waals surface area contributed by atoms with Crippen molar-refractivity contribution in [3.05, 3.63) is 47.9 Å². The van der Waals surface area contributed by atoms with Crippen molar-refractivity contribution in [3.8, 4) is 5.75 Å². The van der Waals surface area contributed by atoms with Gasteiger partial charge in [-0.05, 0) is 43.0 Å². The molecule has 0 bridgehead atoms. The third-order valence-corrected chi connectivity index (χ3v) is 5.26. The third kappa shape index (κ3) is 2.84. The number of rotatable bonds is 3. The molecular formula is C20H24N4O. The molecule has 1 atom stereocenters. The highest BCUT2D eigenvalue weighted by molar-refractivity contribution is 5.86. The van der Waals surface area contributed by atoms with Gasteiger partial charge in [-0.1, -0.05) is 12.1 Å². The van der Waals surface area contributed by atoms with Crippen molar-refractivity contribution in [2.45, 2.75) is 25.7 Å². The summed E-state index contributed by atoms with van der Waals surface area (Å²) in [4.78, 5) is 11.4. The van der Waals surface area contributed by atoms with Gasteiger partial charge in [0.15, 0.2) is 5.82 Å². The van der Waals surface area contributed by atoms with Crippen LogP contribution in [0.3, 0.4) is 0 Å². The minimum absolute atomic E-state index is 0.494. The number of benzene rings is 1. The lowest BCUT2D eigenvalue weighted by atomic mass is 9.90. The molecule has 130 valence electrons. The molecular weight excluding hydrogens is 312 g/mol. The Morgan fingerprint density at radius 2 is 2.08 bits per heavy atom. The molecule has 0 amide bonds. The molecule has 3 aromatic rings. The molecule has 1 fully saturated rings. The van der Waals surface area contributed by atoms with Crippen molar-refractivity contribution in [1.82, 2.24) is 14.5 Å². The first-order valence-electron chi connectivity index (χ1n) is 8.83. The molecule has 5 heteroatoms. The normalized spacial score (nSPS) is 17.9. The second kappa shape index (κ2) is 6.39. The third-order valence-electron chi connectivity index (χ3n) is 5.26. The van der Waals surface area contributed by atoms with E-state index in [2.05, 4.69) is 57.8 Å². The van der Waals surface area contributed by atoms with Crippen molar-refractivity contribution in [3.63, 3.8) is 0 Å². The Morgan fingerprint density at radius 3 is 2.92 bits per heavy atom. The first-order valence-corrected chi connectivity index (χ1v) is 8.83. The van der Waals surface area contributed by atoms with Gasteiger partial charge in [0.25, 0.3) is 0 Å². The van der Waals surface area contributed by atoms with Crippen molar-refractivity contribution in [1.29, 1.82) is 0 Å². The number of aromatic nitrogens is 3. The van der Waals surface area contributed by atoms with Crippen molar-refractivity contribution >= 4 is 16.9 Å². The monoisotopic (exact) mass is 336 g/mol. The smallest absolute Gasteiger partial charge is 0.156 e. The van der Waals surface area contributed by atoms with Gasteiger partial charge in [0, 0.05) is 32.3 Å². The number of ether oxygens (including phenoxy) is 1. The van der Waals surface area contributed by atoms with Gasteiger partial charge in [-0.3, -0.25) is 0 Å². The Labute approximate surface area is 148 Å². The summed E-state index contributed by atoms with van der Waals surface area (Å²) in [5.74, 6) is 2.51. The predicted octanol–water partition coefficient (Wildman–Crippen LogP) is 3.67. The van der Waals surface area contributed by atoms with E-state index in [1.165, 1.54) is 17.5 Å². The van der Waals surface area contributed by atoms with Crippen LogP contribution in [-0.2, 0) is 7.05 Å². The van der Waals surface area contributed by atoms with Crippen LogP contribution in [0.25, 0.3) is 11.0 Å². The van der Waals surface area contributed by atoms with Gasteiger partial charge in [0.05, 0.1) is 12.6 Å². The molecule has 0 N–H and O–H groups in total. The van der Waals surface area contributed by atoms with Gasteiger partial charge >= 0.3 is 0 Å². The van der Waals surface area contributed by atoms with E-state index in [1.807, 2.05) is 6.07 Å². The second-order valence-corrected chi connectivity index (χ2v) is 6.87. The summed E-state index contributed by atoms with van der Waals surface area (Å²) in [6.07, 6.45) is 6.09. The Morgan fingerprint density at radius 1 is 1.20 bits per heavy atom. The first-order chi connectivity index (χ1) is 12.2. The average Bonchev–Trinajstić information content (AvgIpc) is 3.03. The summed E-state index contributed by atoms with van der Waals surface area (Å²) in [5, 5.41) is 0. The Bertz CT molecular complexity index is 902. The maximum Gasteiger partial charge on any atom is 0.156 e. The fraction of sp³-hybridized carbons (Fsp3) is 0.400. The molecule has 0 radical (unpaired) electrons. The highest BCUT2D eigenvalue weighted by Crippen LogP contribution is 2.34. The zero-order valence-corrected chi connectivity index (χ0v) is 15.1. The first kappa shape index (κ1) is 15.9. The number of piperidine rings is 1. The second-order valence-electron chi connectivity index (χ2n) is 6.87. The van der Waals surface area contributed by atoms with Crippen LogP contribution in [0.2, 0.25) is 0 Å². The molecule has 1 aromatic carbocycles. The molecule has 4 rings (SSSR count). The summed E-state index contributed by atoms with van der Waals surface area (Å²) in [6, 6.07) is 8.64. The van der Waals surface area contributed by atoms with Crippen molar-refractivity contribution in [2.75, 3.05) is 25.1 Å². The molecule has 0 aliphatic carbocycles. The average molecular weight is 336 g/mol. The maximum absolute atomic E-state index is 5.51. The number of aryl methyl sites for hydroxylation is 2. The van der Waals surface area contributed by atoms with Crippen LogP contribution in [0.4, 0.5) is 5.82 Å². The number of hydrogen-bond donors (Lipinski definition) is 0. The van der Waals surface area contributed by atoms with E-state index in [1.54, 1.807) is 13.4 Å². The fourth-order valence-electron chi connectivity index (χ4n) is 3.86. The van der Waals surface area contributed by atoms with Crippen LogP contribution in [0, 0.1) is 6.92 Å². The Hall–Kier alpha value is -2.56. The van der Waals surface area contributed by atoms with Crippen molar-refractivity contribution < 1.29 is 4.74 Å². The van der Waals surface area contributed by atoms with E-state index in [-0.39, 0.29) is 0 Å². The molecule has 1 saturated heterocycles. The minimum Gasteiger partial charge on any atom is -0.496 e. The molecule has 2 aromatic heterocycles. The van der Waals surface area contributed by atoms with E-state index in [0.29, 0.717) is 5.92 Å². The summed E-state index contributed by atoms with van der Waals surface area (Å²) in [5.41, 5.74) is 4.65. The number of nitrogens with zero attached hydrogens (tertiary/aromatic N) is 4. The van der Waals surface area contributed by atoms with Gasteiger partial charge < -0.3 is 14.2 Å². The van der Waals surface area contributed by atoms with Gasteiger partial charge in [-0.15, -0.1) is 0 Å². The lowest BCUT2D eigenvalue weighted by molar-refractivity contribution is 0.409. The molecule has 3 heterocycles. The lowest BCUT2D eigenvalue weighted by Crippen LogP contribution is -2.35. The molecule has 25 heavy (non-hydrogen) atoms. The summed E-state index contributed by atoms with van der Waals surface area (Å²) in [6.45, 7) is 4.10. The lowest BCUT2D eigenvalue weighted by Gasteiger charge is -2.34. The molecule has 1 aliphatic rings. The van der Waals surface area contributed by atoms with Gasteiger partial charge in [0.1, 0.15) is 17.6 Å². The summed E-state index contributed by atoms with van der Waals surface area (Å²) in [7, 11) is 3.80. The van der Waals surface area contributed by atoms with E-state index < -0.39 is 0 Å². The number of anilines is 1. The van der Waals surface area contributed by atoms with E-state index in [0.717, 1.165) is 42.1 Å². The summed E-state index contributed by atoms with van der Waals surface area (Å²) >= 11 is 0. The standard InChI is InChI=1S/C20H24N4O/c1-14-6-7-15(11-18(14)25-3)16-5-4-9-24(12-16)20-19-17(21-13-22-20)8-10-23(19)2/h6-8,10-11,13,16H,4-5,9,12H2,1-3H3. The number of methoxy groups -OCH3 is 1. The van der Waals surface area contributed by atoms with Crippen LogP contribution in [0.1, 0.15) is 29.9 Å². The van der Waals surface area contributed by atoms with Gasteiger partial charge in [-0.25, -0.2) is 9.97 Å². The van der Waals surface area contributed by atoms with Crippen LogP contribution >= 0.6 is 0 Å². The van der Waals surface area contributed by atoms with E-state index >= 15 is 0 Å². The number of fused-ring (bicyclic) bond motifs is 1. The van der Waals surface area contributed by atoms with Crippen molar-refractivity contribution in [2.24, 2.45) is 7.05 Å². The van der Waals surface area contributed by atoms with Gasteiger partial charge in [-0.2, -0.15) is 0 Å². The highest BCUT2D eigenvalue weighted by Gasteiger charge is 2.25. The highest BCUT2D eigenvalue weighted by atomic mass is 16.5. The van der Waals surface area contributed by atoms with Crippen LogP contribution in [0.15, 0.2) is 36.8 Å². The quantitative estimate of drug-likeness (QED) is 0.732. The van der Waals surface area contributed by atoms with Gasteiger partial charge in [0.2, 0.25) is 0 Å². The largest absolute Gasteiger partial charge is 0.496 e. The Balaban J connectivity index is 1.66. The zero-order chi connectivity index (χ0) is 17.4. The zero-order valence-electron chi connectivity index (χ0n) is 15.1. The topological polar surface area (TPSA) is 43.2 Å². The minimum atomic E-state index is 0.494. The van der Waals surface area contributed by atoms with E-state index in [9.17, 15) is 0 Å².